The Balaban J connectivity index is 1.71. The second kappa shape index (κ2) is 4.49. The predicted molar refractivity (Wildman–Crippen MR) is 67.0 cm³/mol. The van der Waals surface area contributed by atoms with E-state index in [-0.39, 0.29) is 16.9 Å². The number of ether oxygens (including phenoxy) is 1. The predicted octanol–water partition coefficient (Wildman–Crippen LogP) is 1.22. The molecule has 2 saturated heterocycles. The molecule has 0 atom stereocenters. The van der Waals surface area contributed by atoms with Crippen LogP contribution in [0, 0.1) is 11.3 Å². The van der Waals surface area contributed by atoms with Crippen molar-refractivity contribution in [3.63, 3.8) is 0 Å². The van der Waals surface area contributed by atoms with Crippen LogP contribution in [0.5, 0.6) is 0 Å². The van der Waals surface area contributed by atoms with Crippen molar-refractivity contribution in [1.82, 2.24) is 5.32 Å². The Morgan fingerprint density at radius 2 is 1.89 bits per heavy atom. The van der Waals surface area contributed by atoms with Gasteiger partial charge >= 0.3 is 0 Å². The summed E-state index contributed by atoms with van der Waals surface area (Å²) < 4.78 is 5.40. The van der Waals surface area contributed by atoms with Crippen molar-refractivity contribution < 1.29 is 14.6 Å². The van der Waals surface area contributed by atoms with E-state index in [1.165, 1.54) is 0 Å². The van der Waals surface area contributed by atoms with Gasteiger partial charge in [0, 0.05) is 25.4 Å². The van der Waals surface area contributed by atoms with Gasteiger partial charge in [-0.1, -0.05) is 0 Å². The van der Waals surface area contributed by atoms with E-state index in [2.05, 4.69) is 5.32 Å². The lowest BCUT2D eigenvalue weighted by Gasteiger charge is -2.38. The van der Waals surface area contributed by atoms with Crippen LogP contribution in [0.2, 0.25) is 0 Å². The Kier molecular flexibility index (Phi) is 3.10. The Morgan fingerprint density at radius 3 is 2.50 bits per heavy atom. The fourth-order valence-corrected chi connectivity index (χ4v) is 4.03. The van der Waals surface area contributed by atoms with Crippen molar-refractivity contribution in [2.45, 2.75) is 50.5 Å². The average molecular weight is 253 g/mol. The summed E-state index contributed by atoms with van der Waals surface area (Å²) in [5.74, 6) is 0.701. The Morgan fingerprint density at radius 1 is 1.22 bits per heavy atom. The van der Waals surface area contributed by atoms with Gasteiger partial charge in [0.1, 0.15) is 0 Å². The molecule has 1 aliphatic carbocycles. The summed E-state index contributed by atoms with van der Waals surface area (Å²) >= 11 is 0. The quantitative estimate of drug-likeness (QED) is 0.739. The first-order valence-corrected chi connectivity index (χ1v) is 7.19. The molecule has 102 valence electrons. The maximum absolute atomic E-state index is 12.4. The van der Waals surface area contributed by atoms with E-state index in [0.29, 0.717) is 12.5 Å². The van der Waals surface area contributed by atoms with E-state index in [1.54, 1.807) is 0 Å². The van der Waals surface area contributed by atoms with Crippen LogP contribution in [0.25, 0.3) is 0 Å². The molecule has 2 aliphatic heterocycles. The summed E-state index contributed by atoms with van der Waals surface area (Å²) in [5, 5.41) is 12.5. The molecule has 0 aromatic rings. The molecule has 2 spiro atoms. The van der Waals surface area contributed by atoms with Gasteiger partial charge in [0.2, 0.25) is 5.91 Å². The van der Waals surface area contributed by atoms with Crippen LogP contribution in [0.15, 0.2) is 0 Å². The van der Waals surface area contributed by atoms with Crippen LogP contribution >= 0.6 is 0 Å². The fraction of sp³-hybridized carbons (Fsp3) is 0.929. The highest BCUT2D eigenvalue weighted by molar-refractivity contribution is 5.86. The number of rotatable bonds is 1. The van der Waals surface area contributed by atoms with Crippen LogP contribution in [0.4, 0.5) is 0 Å². The number of nitrogens with one attached hydrogen (secondary N) is 1. The highest BCUT2D eigenvalue weighted by Gasteiger charge is 2.54. The molecular weight excluding hydrogens is 230 g/mol. The molecule has 0 aromatic heterocycles. The second-order valence-corrected chi connectivity index (χ2v) is 6.43. The molecule has 4 nitrogen and oxygen atoms in total. The van der Waals surface area contributed by atoms with Gasteiger partial charge in [-0.25, -0.2) is 0 Å². The van der Waals surface area contributed by atoms with E-state index in [9.17, 15) is 9.90 Å². The van der Waals surface area contributed by atoms with E-state index in [1.807, 2.05) is 0 Å². The maximum Gasteiger partial charge on any atom is 0.226 e. The topological polar surface area (TPSA) is 58.6 Å². The van der Waals surface area contributed by atoms with Crippen LogP contribution in [-0.2, 0) is 9.53 Å². The van der Waals surface area contributed by atoms with Gasteiger partial charge < -0.3 is 15.2 Å². The first-order valence-electron chi connectivity index (χ1n) is 7.19. The van der Waals surface area contributed by atoms with Crippen molar-refractivity contribution in [2.75, 3.05) is 19.8 Å². The van der Waals surface area contributed by atoms with Gasteiger partial charge in [-0.05, 0) is 50.9 Å². The SMILES string of the molecule is O=C1NC2(CCC(CO)CC2)CC12CCOCC2. The highest BCUT2D eigenvalue weighted by Crippen LogP contribution is 2.49. The number of hydrogen-bond donors (Lipinski definition) is 2. The third-order valence-electron chi connectivity index (χ3n) is 5.31. The summed E-state index contributed by atoms with van der Waals surface area (Å²) in [6.07, 6.45) is 6.90. The lowest BCUT2D eigenvalue weighted by Crippen LogP contribution is -2.44. The molecule has 1 saturated carbocycles. The molecule has 1 amide bonds. The first-order chi connectivity index (χ1) is 8.68. The molecule has 2 heterocycles. The van der Waals surface area contributed by atoms with Crippen LogP contribution in [0.1, 0.15) is 44.9 Å². The van der Waals surface area contributed by atoms with Gasteiger partial charge in [-0.2, -0.15) is 0 Å². The number of carbonyl (C=O) groups is 1. The van der Waals surface area contributed by atoms with E-state index in [4.69, 9.17) is 4.74 Å². The zero-order valence-electron chi connectivity index (χ0n) is 10.9. The number of aliphatic hydroxyl groups is 1. The molecule has 0 aromatic carbocycles. The number of carbonyl (C=O) groups excluding carboxylic acids is 1. The lowest BCUT2D eigenvalue weighted by atomic mass is 9.69. The van der Waals surface area contributed by atoms with Crippen molar-refractivity contribution in [3.8, 4) is 0 Å². The molecular formula is C14H23NO3. The Bertz CT molecular complexity index is 328. The molecule has 18 heavy (non-hydrogen) atoms. The van der Waals surface area contributed by atoms with Crippen LogP contribution < -0.4 is 5.32 Å². The second-order valence-electron chi connectivity index (χ2n) is 6.43. The molecule has 3 rings (SSSR count). The third kappa shape index (κ3) is 1.95. The first kappa shape index (κ1) is 12.4. The summed E-state index contributed by atoms with van der Waals surface area (Å²) in [6, 6.07) is 0. The molecule has 0 bridgehead atoms. The van der Waals surface area contributed by atoms with Crippen molar-refractivity contribution in [2.24, 2.45) is 11.3 Å². The highest BCUT2D eigenvalue weighted by atomic mass is 16.5. The lowest BCUT2D eigenvalue weighted by molar-refractivity contribution is -0.132. The van der Waals surface area contributed by atoms with E-state index < -0.39 is 0 Å². The Hall–Kier alpha value is -0.610. The minimum absolute atomic E-state index is 0.0279. The van der Waals surface area contributed by atoms with Gasteiger partial charge in [0.25, 0.3) is 0 Å². The maximum atomic E-state index is 12.4. The van der Waals surface area contributed by atoms with Crippen molar-refractivity contribution >= 4 is 5.91 Å². The molecule has 0 unspecified atom stereocenters. The summed E-state index contributed by atoms with van der Waals surface area (Å²) in [5.41, 5.74) is -0.121. The smallest absolute Gasteiger partial charge is 0.226 e. The Labute approximate surface area is 108 Å². The normalized spacial score (nSPS) is 39.2. The molecule has 4 heteroatoms. The molecule has 0 radical (unpaired) electrons. The summed E-state index contributed by atoms with van der Waals surface area (Å²) in [7, 11) is 0. The van der Waals surface area contributed by atoms with Crippen LogP contribution in [-0.4, -0.2) is 36.4 Å². The minimum Gasteiger partial charge on any atom is -0.396 e. The van der Waals surface area contributed by atoms with Crippen LogP contribution in [0.3, 0.4) is 0 Å². The monoisotopic (exact) mass is 253 g/mol. The van der Waals surface area contributed by atoms with Crippen molar-refractivity contribution in [1.29, 1.82) is 0 Å². The van der Waals surface area contributed by atoms with Crippen molar-refractivity contribution in [3.05, 3.63) is 0 Å². The van der Waals surface area contributed by atoms with Gasteiger partial charge in [-0.15, -0.1) is 0 Å². The third-order valence-corrected chi connectivity index (χ3v) is 5.31. The largest absolute Gasteiger partial charge is 0.396 e. The van der Waals surface area contributed by atoms with Gasteiger partial charge in [-0.3, -0.25) is 4.79 Å². The van der Waals surface area contributed by atoms with Gasteiger partial charge in [0.05, 0.1) is 5.41 Å². The fourth-order valence-electron chi connectivity index (χ4n) is 4.03. The number of hydrogen-bond acceptors (Lipinski definition) is 3. The molecule has 3 fully saturated rings. The molecule has 2 N–H and O–H groups in total. The number of aliphatic hydroxyl groups excluding tert-OH is 1. The molecule has 3 aliphatic rings. The minimum atomic E-state index is -0.149. The zero-order valence-corrected chi connectivity index (χ0v) is 10.9. The number of amides is 1. The summed E-state index contributed by atoms with van der Waals surface area (Å²) in [4.78, 5) is 12.4. The average Bonchev–Trinajstić information content (AvgIpc) is 2.64. The summed E-state index contributed by atoms with van der Waals surface area (Å²) in [6.45, 7) is 1.74. The van der Waals surface area contributed by atoms with Gasteiger partial charge in [0.15, 0.2) is 0 Å². The zero-order chi connectivity index (χ0) is 12.6. The van der Waals surface area contributed by atoms with E-state index >= 15 is 0 Å². The standard InChI is InChI=1S/C14H23NO3/c16-9-11-1-3-14(4-2-11)10-13(12(17)15-14)5-7-18-8-6-13/h11,16H,1-10H2,(H,15,17). The van der Waals surface area contributed by atoms with E-state index in [0.717, 1.165) is 58.2 Å².